The second-order valence-corrected chi connectivity index (χ2v) is 6.85. The fraction of sp³-hybridized carbons (Fsp3) is 0.182. The third-order valence-corrected chi connectivity index (χ3v) is 3.95. The van der Waals surface area contributed by atoms with Crippen molar-refractivity contribution >= 4 is 25.8 Å². The lowest BCUT2D eigenvalue weighted by molar-refractivity contribution is 0.602. The monoisotopic (exact) mass is 329 g/mol. The van der Waals surface area contributed by atoms with Crippen LogP contribution in [0.4, 0.5) is 0 Å². The highest BCUT2D eigenvalue weighted by Gasteiger charge is 2.11. The lowest BCUT2D eigenvalue weighted by Crippen LogP contribution is -2.00. The average molecular weight is 330 g/mol. The van der Waals surface area contributed by atoms with E-state index in [-0.39, 0.29) is 4.90 Å². The van der Waals surface area contributed by atoms with Crippen molar-refractivity contribution in [3.8, 4) is 5.69 Å². The van der Waals surface area contributed by atoms with Crippen LogP contribution >= 0.6 is 15.9 Å². The minimum atomic E-state index is -3.24. The first-order chi connectivity index (χ1) is 8.40. The lowest BCUT2D eigenvalue weighted by atomic mass is 10.2. The molecule has 0 unspecified atom stereocenters. The van der Waals surface area contributed by atoms with Crippen LogP contribution in [0.2, 0.25) is 0 Å². The molecule has 0 fully saturated rings. The molecular weight excluding hydrogens is 318 g/mol. The van der Waals surface area contributed by atoms with E-state index in [0.717, 1.165) is 22.0 Å². The molecule has 0 radical (unpaired) electrons. The zero-order valence-electron chi connectivity index (χ0n) is 9.67. The van der Waals surface area contributed by atoms with Gasteiger partial charge in [-0.05, 0) is 23.8 Å². The third-order valence-electron chi connectivity index (χ3n) is 2.43. The number of hydrogen-bond acceptors (Lipinski definition) is 4. The van der Waals surface area contributed by atoms with Crippen LogP contribution in [0.3, 0.4) is 0 Å². The van der Waals surface area contributed by atoms with Crippen LogP contribution < -0.4 is 5.73 Å². The Balaban J connectivity index is 2.49. The molecule has 1 heterocycles. The van der Waals surface area contributed by atoms with Gasteiger partial charge in [0.05, 0.1) is 11.9 Å². The van der Waals surface area contributed by atoms with Gasteiger partial charge in [-0.2, -0.15) is 5.10 Å². The van der Waals surface area contributed by atoms with E-state index < -0.39 is 9.84 Å². The molecule has 1 aromatic heterocycles. The smallest absolute Gasteiger partial charge is 0.178 e. The van der Waals surface area contributed by atoms with Gasteiger partial charge in [-0.25, -0.2) is 13.1 Å². The molecule has 2 N–H and O–H groups in total. The van der Waals surface area contributed by atoms with Gasteiger partial charge in [0.25, 0.3) is 0 Å². The summed E-state index contributed by atoms with van der Waals surface area (Å²) < 4.78 is 25.2. The number of nitrogens with zero attached hydrogens (tertiary/aromatic N) is 2. The van der Waals surface area contributed by atoms with Gasteiger partial charge in [0.15, 0.2) is 9.84 Å². The third kappa shape index (κ3) is 2.80. The molecule has 96 valence electrons. The van der Waals surface area contributed by atoms with Gasteiger partial charge < -0.3 is 5.73 Å². The lowest BCUT2D eigenvalue weighted by Gasteiger charge is -2.05. The first-order valence-electron chi connectivity index (χ1n) is 5.15. The molecule has 0 amide bonds. The normalized spacial score (nSPS) is 11.7. The molecule has 0 saturated carbocycles. The van der Waals surface area contributed by atoms with E-state index in [2.05, 4.69) is 21.0 Å². The van der Waals surface area contributed by atoms with Gasteiger partial charge in [-0.1, -0.05) is 15.9 Å². The molecule has 0 aliphatic carbocycles. The zero-order valence-corrected chi connectivity index (χ0v) is 12.1. The number of benzene rings is 1. The molecule has 0 aliphatic rings. The minimum absolute atomic E-state index is 0.191. The molecule has 7 heteroatoms. The molecule has 0 saturated heterocycles. The van der Waals surface area contributed by atoms with Gasteiger partial charge in [0.1, 0.15) is 4.90 Å². The van der Waals surface area contributed by atoms with Crippen LogP contribution in [0.15, 0.2) is 40.0 Å². The Bertz CT molecular complexity index is 679. The number of rotatable bonds is 3. The summed E-state index contributed by atoms with van der Waals surface area (Å²) in [6.45, 7) is 0.409. The van der Waals surface area contributed by atoms with E-state index in [1.807, 2.05) is 18.2 Å². The molecule has 2 aromatic rings. The van der Waals surface area contributed by atoms with Crippen LogP contribution in [0.25, 0.3) is 5.69 Å². The predicted octanol–water partition coefficient (Wildman–Crippen LogP) is 1.50. The highest BCUT2D eigenvalue weighted by Crippen LogP contribution is 2.19. The van der Waals surface area contributed by atoms with Crippen LogP contribution in [0.1, 0.15) is 5.56 Å². The molecular formula is C11H12BrN3O2S. The number of halogens is 1. The second-order valence-electron chi connectivity index (χ2n) is 3.91. The van der Waals surface area contributed by atoms with Crippen molar-refractivity contribution in [1.29, 1.82) is 0 Å². The first kappa shape index (κ1) is 13.3. The Morgan fingerprint density at radius 3 is 2.67 bits per heavy atom. The van der Waals surface area contributed by atoms with E-state index in [9.17, 15) is 8.42 Å². The van der Waals surface area contributed by atoms with Gasteiger partial charge >= 0.3 is 0 Å². The van der Waals surface area contributed by atoms with Crippen molar-refractivity contribution in [3.63, 3.8) is 0 Å². The summed E-state index contributed by atoms with van der Waals surface area (Å²) in [4.78, 5) is 0.191. The Morgan fingerprint density at radius 1 is 1.39 bits per heavy atom. The average Bonchev–Trinajstić information content (AvgIpc) is 2.77. The van der Waals surface area contributed by atoms with Crippen molar-refractivity contribution < 1.29 is 8.42 Å². The molecule has 0 spiro atoms. The van der Waals surface area contributed by atoms with E-state index in [4.69, 9.17) is 5.73 Å². The van der Waals surface area contributed by atoms with Gasteiger partial charge in [0.2, 0.25) is 0 Å². The summed E-state index contributed by atoms with van der Waals surface area (Å²) in [5.74, 6) is 0. The fourth-order valence-corrected chi connectivity index (χ4v) is 2.58. The first-order valence-corrected chi connectivity index (χ1v) is 7.83. The Kier molecular flexibility index (Phi) is 3.56. The summed E-state index contributed by atoms with van der Waals surface area (Å²) in [6.07, 6.45) is 3.97. The van der Waals surface area contributed by atoms with Crippen molar-refractivity contribution in [2.45, 2.75) is 11.4 Å². The quantitative estimate of drug-likeness (QED) is 0.925. The molecule has 0 bridgehead atoms. The Morgan fingerprint density at radius 2 is 2.11 bits per heavy atom. The minimum Gasteiger partial charge on any atom is -0.326 e. The maximum Gasteiger partial charge on any atom is 0.178 e. The number of sulfone groups is 1. The Hall–Kier alpha value is -1.18. The van der Waals surface area contributed by atoms with E-state index in [1.54, 1.807) is 0 Å². The molecule has 0 atom stereocenters. The van der Waals surface area contributed by atoms with Gasteiger partial charge in [-0.3, -0.25) is 0 Å². The number of nitrogens with two attached hydrogens (primary N) is 1. The standard InChI is InChI=1S/C11H12BrN3O2S/c1-18(16,17)11-6-14-15(7-11)10-3-8(5-13)2-9(12)4-10/h2-4,6-7H,5,13H2,1H3. The van der Waals surface area contributed by atoms with Crippen molar-refractivity contribution in [2.75, 3.05) is 6.26 Å². The summed E-state index contributed by atoms with van der Waals surface area (Å²) in [6, 6.07) is 5.62. The summed E-state index contributed by atoms with van der Waals surface area (Å²) in [5, 5.41) is 4.05. The molecule has 0 aliphatic heterocycles. The van der Waals surface area contributed by atoms with Crippen molar-refractivity contribution in [1.82, 2.24) is 9.78 Å². The van der Waals surface area contributed by atoms with E-state index in [1.165, 1.54) is 17.1 Å². The highest BCUT2D eigenvalue weighted by atomic mass is 79.9. The van der Waals surface area contributed by atoms with Crippen LogP contribution in [0.5, 0.6) is 0 Å². The maximum absolute atomic E-state index is 11.4. The second kappa shape index (κ2) is 4.83. The molecule has 2 rings (SSSR count). The van der Waals surface area contributed by atoms with E-state index in [0.29, 0.717) is 6.54 Å². The summed E-state index contributed by atoms with van der Waals surface area (Å²) >= 11 is 3.38. The highest BCUT2D eigenvalue weighted by molar-refractivity contribution is 9.10. The Labute approximate surface area is 114 Å². The van der Waals surface area contributed by atoms with Crippen LogP contribution in [-0.4, -0.2) is 24.5 Å². The summed E-state index contributed by atoms with van der Waals surface area (Å²) in [7, 11) is -3.24. The topological polar surface area (TPSA) is 78.0 Å². The van der Waals surface area contributed by atoms with E-state index >= 15 is 0 Å². The van der Waals surface area contributed by atoms with Gasteiger partial charge in [-0.15, -0.1) is 0 Å². The fourth-order valence-electron chi connectivity index (χ4n) is 1.52. The molecule has 1 aromatic carbocycles. The number of hydrogen-bond donors (Lipinski definition) is 1. The zero-order chi connectivity index (χ0) is 13.3. The molecule has 18 heavy (non-hydrogen) atoms. The maximum atomic E-state index is 11.4. The molecule has 5 nitrogen and oxygen atoms in total. The van der Waals surface area contributed by atoms with Crippen LogP contribution in [-0.2, 0) is 16.4 Å². The van der Waals surface area contributed by atoms with Gasteiger partial charge in [0, 0.05) is 23.5 Å². The largest absolute Gasteiger partial charge is 0.326 e. The summed E-state index contributed by atoms with van der Waals surface area (Å²) in [5.41, 5.74) is 7.30. The number of aromatic nitrogens is 2. The predicted molar refractivity (Wildman–Crippen MR) is 72.3 cm³/mol. The van der Waals surface area contributed by atoms with Crippen LogP contribution in [0, 0.1) is 0 Å². The van der Waals surface area contributed by atoms with Crippen molar-refractivity contribution in [2.24, 2.45) is 5.73 Å². The van der Waals surface area contributed by atoms with Crippen molar-refractivity contribution in [3.05, 3.63) is 40.6 Å². The SMILES string of the molecule is CS(=O)(=O)c1cnn(-c2cc(Br)cc(CN)c2)c1.